The van der Waals surface area contributed by atoms with Crippen molar-refractivity contribution in [2.75, 3.05) is 0 Å². The van der Waals surface area contributed by atoms with E-state index in [9.17, 15) is 4.79 Å². The van der Waals surface area contributed by atoms with E-state index < -0.39 is 0 Å². The third-order valence-electron chi connectivity index (χ3n) is 0.762. The molecule has 0 fully saturated rings. The van der Waals surface area contributed by atoms with Gasteiger partial charge in [-0.2, -0.15) is 0 Å². The van der Waals surface area contributed by atoms with Crippen molar-refractivity contribution in [1.29, 1.82) is 0 Å². The topological polar surface area (TPSA) is 17.1 Å². The highest BCUT2D eigenvalue weighted by molar-refractivity contribution is 6.55. The molecular formula is C5H11OSi. The summed E-state index contributed by atoms with van der Waals surface area (Å²) >= 11 is 0. The van der Waals surface area contributed by atoms with Gasteiger partial charge in [-0.15, -0.1) is 0 Å². The maximum Gasteiger partial charge on any atom is 0.119 e. The number of rotatable bonds is 3. The molecule has 7 heavy (non-hydrogen) atoms. The number of aldehydes is 1. The molecule has 0 heterocycles. The molecule has 0 rings (SSSR count). The fourth-order valence-corrected chi connectivity index (χ4v) is 1.04. The molecule has 0 aliphatic rings. The lowest BCUT2D eigenvalue weighted by atomic mass is 10.6. The fraction of sp³-hybridized carbons (Fsp3) is 0.800. The van der Waals surface area contributed by atoms with Crippen LogP contribution in [0, 0.1) is 0 Å². The van der Waals surface area contributed by atoms with Gasteiger partial charge in [0.25, 0.3) is 0 Å². The Labute approximate surface area is 46.3 Å². The zero-order chi connectivity index (χ0) is 5.70. The fourth-order valence-electron chi connectivity index (χ4n) is 0.348. The molecule has 0 saturated heterocycles. The first kappa shape index (κ1) is 6.89. The standard InChI is InChI=1S/C5H11OSi/c1-7(2)5-3-4-6/h4H,3,5H2,1-2H3. The van der Waals surface area contributed by atoms with E-state index in [0.717, 1.165) is 18.8 Å². The predicted molar refractivity (Wildman–Crippen MR) is 33.0 cm³/mol. The molecule has 0 amide bonds. The minimum Gasteiger partial charge on any atom is -0.303 e. The molecule has 0 aromatic rings. The summed E-state index contributed by atoms with van der Waals surface area (Å²) in [6, 6.07) is 1.13. The number of hydrogen-bond acceptors (Lipinski definition) is 1. The second kappa shape index (κ2) is 4.06. The van der Waals surface area contributed by atoms with Crippen LogP contribution in [-0.2, 0) is 4.79 Å². The lowest BCUT2D eigenvalue weighted by Crippen LogP contribution is -1.97. The molecule has 0 unspecified atom stereocenters. The van der Waals surface area contributed by atoms with Gasteiger partial charge >= 0.3 is 0 Å². The van der Waals surface area contributed by atoms with Crippen LogP contribution < -0.4 is 0 Å². The molecule has 0 aliphatic heterocycles. The molecule has 0 saturated carbocycles. The third kappa shape index (κ3) is 5.89. The van der Waals surface area contributed by atoms with E-state index in [0.29, 0.717) is 0 Å². The zero-order valence-electron chi connectivity index (χ0n) is 4.90. The van der Waals surface area contributed by atoms with Crippen molar-refractivity contribution in [1.82, 2.24) is 0 Å². The van der Waals surface area contributed by atoms with Crippen molar-refractivity contribution >= 4 is 15.1 Å². The van der Waals surface area contributed by atoms with Gasteiger partial charge in [-0.3, -0.25) is 0 Å². The minimum absolute atomic E-state index is 0.129. The Kier molecular flexibility index (Phi) is 3.99. The Morgan fingerprint density at radius 2 is 2.14 bits per heavy atom. The quantitative estimate of drug-likeness (QED) is 0.400. The van der Waals surface area contributed by atoms with Crippen molar-refractivity contribution in [3.8, 4) is 0 Å². The summed E-state index contributed by atoms with van der Waals surface area (Å²) in [6.07, 6.45) is 1.76. The summed E-state index contributed by atoms with van der Waals surface area (Å²) in [4.78, 5) is 9.73. The van der Waals surface area contributed by atoms with Gasteiger partial charge in [0.15, 0.2) is 0 Å². The summed E-state index contributed by atoms with van der Waals surface area (Å²) in [5.74, 6) is 0. The van der Waals surface area contributed by atoms with Crippen molar-refractivity contribution in [2.24, 2.45) is 0 Å². The zero-order valence-corrected chi connectivity index (χ0v) is 5.90. The first-order valence-corrected chi connectivity index (χ1v) is 5.20. The summed E-state index contributed by atoms with van der Waals surface area (Å²) in [5.41, 5.74) is 0. The second-order valence-corrected chi connectivity index (χ2v) is 4.83. The monoisotopic (exact) mass is 115 g/mol. The highest BCUT2D eigenvalue weighted by Crippen LogP contribution is 1.91. The lowest BCUT2D eigenvalue weighted by Gasteiger charge is -1.92. The van der Waals surface area contributed by atoms with Crippen LogP contribution in [0.4, 0.5) is 0 Å². The lowest BCUT2D eigenvalue weighted by molar-refractivity contribution is -0.107. The molecule has 1 radical (unpaired) electrons. The van der Waals surface area contributed by atoms with Crippen molar-refractivity contribution in [3.05, 3.63) is 0 Å². The molecule has 0 atom stereocenters. The van der Waals surface area contributed by atoms with E-state index in [1.165, 1.54) is 0 Å². The first-order valence-electron chi connectivity index (χ1n) is 2.50. The highest BCUT2D eigenvalue weighted by atomic mass is 28.3. The third-order valence-corrected chi connectivity index (χ3v) is 2.05. The molecule has 0 aromatic heterocycles. The molecule has 0 bridgehead atoms. The van der Waals surface area contributed by atoms with Crippen molar-refractivity contribution in [3.63, 3.8) is 0 Å². The van der Waals surface area contributed by atoms with Gasteiger partial charge in [0.2, 0.25) is 0 Å². The van der Waals surface area contributed by atoms with Crippen LogP contribution in [0.15, 0.2) is 0 Å². The Bertz CT molecular complexity index is 52.0. The first-order chi connectivity index (χ1) is 3.27. The normalized spacial score (nSPS) is 9.57. The summed E-state index contributed by atoms with van der Waals surface area (Å²) in [5, 5.41) is 0. The maximum absolute atomic E-state index is 9.73. The summed E-state index contributed by atoms with van der Waals surface area (Å²) < 4.78 is 0. The molecule has 0 N–H and O–H groups in total. The predicted octanol–water partition coefficient (Wildman–Crippen LogP) is 1.33. The van der Waals surface area contributed by atoms with E-state index in [2.05, 4.69) is 13.1 Å². The molecule has 41 valence electrons. The summed E-state index contributed by atoms with van der Waals surface area (Å²) in [6.45, 7) is 4.43. The van der Waals surface area contributed by atoms with E-state index in [4.69, 9.17) is 0 Å². The average Bonchev–Trinajstić information content (AvgIpc) is 1.61. The minimum atomic E-state index is -0.129. The molecule has 0 spiro atoms. The Morgan fingerprint density at radius 3 is 2.29 bits per heavy atom. The van der Waals surface area contributed by atoms with Crippen LogP contribution in [0.2, 0.25) is 19.1 Å². The SMILES string of the molecule is C[Si](C)CCC=O. The van der Waals surface area contributed by atoms with Crippen LogP contribution in [0.5, 0.6) is 0 Å². The van der Waals surface area contributed by atoms with Crippen molar-refractivity contribution < 1.29 is 4.79 Å². The van der Waals surface area contributed by atoms with Crippen LogP contribution in [-0.4, -0.2) is 15.1 Å². The van der Waals surface area contributed by atoms with Gasteiger partial charge in [0, 0.05) is 15.2 Å². The van der Waals surface area contributed by atoms with Gasteiger partial charge in [0.1, 0.15) is 6.29 Å². The van der Waals surface area contributed by atoms with Gasteiger partial charge in [-0.05, 0) is 0 Å². The van der Waals surface area contributed by atoms with Gasteiger partial charge in [-0.1, -0.05) is 19.1 Å². The van der Waals surface area contributed by atoms with Gasteiger partial charge in [0.05, 0.1) is 0 Å². The van der Waals surface area contributed by atoms with E-state index >= 15 is 0 Å². The molecule has 2 heteroatoms. The molecule has 1 nitrogen and oxygen atoms in total. The van der Waals surface area contributed by atoms with Crippen LogP contribution in [0.3, 0.4) is 0 Å². The molecule has 0 aromatic carbocycles. The summed E-state index contributed by atoms with van der Waals surface area (Å²) in [7, 11) is -0.129. The van der Waals surface area contributed by atoms with Crippen molar-refractivity contribution in [2.45, 2.75) is 25.6 Å². The molecular weight excluding hydrogens is 104 g/mol. The maximum atomic E-state index is 9.73. The van der Waals surface area contributed by atoms with Gasteiger partial charge < -0.3 is 4.79 Å². The number of hydrogen-bond donors (Lipinski definition) is 0. The van der Waals surface area contributed by atoms with E-state index in [1.807, 2.05) is 0 Å². The largest absolute Gasteiger partial charge is 0.303 e. The number of carbonyl (C=O) groups excluding carboxylic acids is 1. The van der Waals surface area contributed by atoms with Crippen LogP contribution in [0.1, 0.15) is 6.42 Å². The van der Waals surface area contributed by atoms with Gasteiger partial charge in [-0.25, -0.2) is 0 Å². The van der Waals surface area contributed by atoms with E-state index in [1.54, 1.807) is 0 Å². The van der Waals surface area contributed by atoms with Crippen LogP contribution in [0.25, 0.3) is 0 Å². The Morgan fingerprint density at radius 1 is 1.57 bits per heavy atom. The smallest absolute Gasteiger partial charge is 0.119 e. The Hall–Kier alpha value is -0.113. The highest BCUT2D eigenvalue weighted by Gasteiger charge is 1.91. The second-order valence-electron chi connectivity index (χ2n) is 1.91. The van der Waals surface area contributed by atoms with Crippen LogP contribution >= 0.6 is 0 Å². The Balaban J connectivity index is 2.81. The average molecular weight is 115 g/mol. The van der Waals surface area contributed by atoms with E-state index in [-0.39, 0.29) is 8.80 Å². The number of carbonyl (C=O) groups is 1. The molecule has 0 aliphatic carbocycles.